The standard InChI is InChI=1S/C11H20N2O4/c1-7-4-3-5-13(8(7)2)11(17)12-9(6-14)10(15)16/h7-9,14H,3-6H2,1-2H3,(H,12,17)(H,15,16)/t7?,8?,9-/m0/s1. The molecule has 1 aliphatic rings. The number of amides is 2. The molecule has 0 aromatic heterocycles. The maximum absolute atomic E-state index is 11.9. The maximum Gasteiger partial charge on any atom is 0.328 e. The number of rotatable bonds is 3. The number of nitrogens with one attached hydrogen (secondary N) is 1. The van der Waals surface area contributed by atoms with E-state index in [-0.39, 0.29) is 6.04 Å². The number of hydrogen-bond donors (Lipinski definition) is 3. The first kappa shape index (κ1) is 13.8. The fraction of sp³-hybridized carbons (Fsp3) is 0.818. The summed E-state index contributed by atoms with van der Waals surface area (Å²) in [6, 6.07) is -1.55. The second kappa shape index (κ2) is 5.86. The normalized spacial score (nSPS) is 26.4. The molecule has 0 radical (unpaired) electrons. The van der Waals surface area contributed by atoms with E-state index >= 15 is 0 Å². The van der Waals surface area contributed by atoms with Crippen molar-refractivity contribution in [3.8, 4) is 0 Å². The lowest BCUT2D eigenvalue weighted by atomic mass is 9.92. The number of aliphatic carboxylic acids is 1. The van der Waals surface area contributed by atoms with Crippen molar-refractivity contribution in [2.24, 2.45) is 5.92 Å². The summed E-state index contributed by atoms with van der Waals surface area (Å²) in [5.41, 5.74) is 0. The second-order valence-electron chi connectivity index (χ2n) is 4.58. The van der Waals surface area contributed by atoms with Crippen LogP contribution in [0.3, 0.4) is 0 Å². The van der Waals surface area contributed by atoms with Gasteiger partial charge in [-0.15, -0.1) is 0 Å². The summed E-state index contributed by atoms with van der Waals surface area (Å²) < 4.78 is 0. The molecule has 0 aromatic rings. The third-order valence-corrected chi connectivity index (χ3v) is 3.41. The summed E-state index contributed by atoms with van der Waals surface area (Å²) in [5.74, 6) is -0.814. The van der Waals surface area contributed by atoms with Crippen molar-refractivity contribution in [1.82, 2.24) is 10.2 Å². The number of urea groups is 1. The molecule has 1 fully saturated rings. The van der Waals surface area contributed by atoms with Gasteiger partial charge in [-0.05, 0) is 25.7 Å². The number of nitrogens with zero attached hydrogens (tertiary/aromatic N) is 1. The number of aliphatic hydroxyl groups excluding tert-OH is 1. The second-order valence-corrected chi connectivity index (χ2v) is 4.58. The lowest BCUT2D eigenvalue weighted by Crippen LogP contribution is -2.54. The monoisotopic (exact) mass is 244 g/mol. The molecule has 0 aromatic carbocycles. The van der Waals surface area contributed by atoms with Gasteiger partial charge in [-0.2, -0.15) is 0 Å². The summed E-state index contributed by atoms with van der Waals surface area (Å²) >= 11 is 0. The highest BCUT2D eigenvalue weighted by molar-refractivity contribution is 5.82. The van der Waals surface area contributed by atoms with E-state index in [0.29, 0.717) is 12.5 Å². The Hall–Kier alpha value is -1.30. The van der Waals surface area contributed by atoms with Crippen LogP contribution in [0.4, 0.5) is 4.79 Å². The Morgan fingerprint density at radius 1 is 1.47 bits per heavy atom. The van der Waals surface area contributed by atoms with Crippen molar-refractivity contribution in [2.75, 3.05) is 13.2 Å². The minimum Gasteiger partial charge on any atom is -0.480 e. The van der Waals surface area contributed by atoms with Gasteiger partial charge in [-0.1, -0.05) is 6.92 Å². The topological polar surface area (TPSA) is 89.9 Å². The largest absolute Gasteiger partial charge is 0.480 e. The summed E-state index contributed by atoms with van der Waals surface area (Å²) in [4.78, 5) is 24.2. The van der Waals surface area contributed by atoms with Crippen molar-refractivity contribution in [3.05, 3.63) is 0 Å². The van der Waals surface area contributed by atoms with Crippen LogP contribution in [0.15, 0.2) is 0 Å². The molecule has 1 saturated heterocycles. The van der Waals surface area contributed by atoms with Crippen LogP contribution >= 0.6 is 0 Å². The van der Waals surface area contributed by atoms with E-state index in [1.807, 2.05) is 6.92 Å². The summed E-state index contributed by atoms with van der Waals surface area (Å²) in [7, 11) is 0. The van der Waals surface area contributed by atoms with Gasteiger partial charge >= 0.3 is 12.0 Å². The van der Waals surface area contributed by atoms with Crippen molar-refractivity contribution in [3.63, 3.8) is 0 Å². The number of carbonyl (C=O) groups excluding carboxylic acids is 1. The Morgan fingerprint density at radius 2 is 2.12 bits per heavy atom. The molecule has 0 aliphatic carbocycles. The van der Waals surface area contributed by atoms with Crippen LogP contribution in [0.5, 0.6) is 0 Å². The van der Waals surface area contributed by atoms with Gasteiger partial charge in [0.05, 0.1) is 6.61 Å². The molecule has 0 saturated carbocycles. The third-order valence-electron chi connectivity index (χ3n) is 3.41. The van der Waals surface area contributed by atoms with E-state index in [9.17, 15) is 9.59 Å². The van der Waals surface area contributed by atoms with Gasteiger partial charge in [-0.3, -0.25) is 0 Å². The number of aliphatic hydroxyl groups is 1. The lowest BCUT2D eigenvalue weighted by Gasteiger charge is -2.38. The molecule has 6 nitrogen and oxygen atoms in total. The predicted octanol–water partition coefficient (Wildman–Crippen LogP) is 0.262. The van der Waals surface area contributed by atoms with Crippen molar-refractivity contribution >= 4 is 12.0 Å². The van der Waals surface area contributed by atoms with E-state index in [2.05, 4.69) is 12.2 Å². The van der Waals surface area contributed by atoms with Gasteiger partial charge in [-0.25, -0.2) is 9.59 Å². The first-order chi connectivity index (χ1) is 7.97. The van der Waals surface area contributed by atoms with E-state index in [4.69, 9.17) is 10.2 Å². The third kappa shape index (κ3) is 3.33. The number of likely N-dealkylation sites (tertiary alicyclic amines) is 1. The van der Waals surface area contributed by atoms with Crippen molar-refractivity contribution in [1.29, 1.82) is 0 Å². The Morgan fingerprint density at radius 3 is 2.65 bits per heavy atom. The molecule has 2 unspecified atom stereocenters. The zero-order chi connectivity index (χ0) is 13.0. The molecule has 3 N–H and O–H groups in total. The highest BCUT2D eigenvalue weighted by Gasteiger charge is 2.30. The Kier molecular flexibility index (Phi) is 4.74. The van der Waals surface area contributed by atoms with E-state index < -0.39 is 24.6 Å². The molecule has 0 spiro atoms. The van der Waals surface area contributed by atoms with Crippen molar-refractivity contribution < 1.29 is 19.8 Å². The average Bonchev–Trinajstić information content (AvgIpc) is 2.28. The summed E-state index contributed by atoms with van der Waals surface area (Å²) in [6.07, 6.45) is 2.00. The lowest BCUT2D eigenvalue weighted by molar-refractivity contribution is -0.140. The Balaban J connectivity index is 2.60. The molecule has 1 rings (SSSR count). The van der Waals surface area contributed by atoms with E-state index in [1.165, 1.54) is 0 Å². The highest BCUT2D eigenvalue weighted by atomic mass is 16.4. The Labute approximate surface area is 101 Å². The van der Waals surface area contributed by atoms with Crippen LogP contribution in [-0.4, -0.2) is 52.3 Å². The van der Waals surface area contributed by atoms with Gasteiger partial charge in [0.2, 0.25) is 0 Å². The van der Waals surface area contributed by atoms with Crippen LogP contribution in [-0.2, 0) is 4.79 Å². The number of carbonyl (C=O) groups is 2. The minimum absolute atomic E-state index is 0.0943. The summed E-state index contributed by atoms with van der Waals surface area (Å²) in [6.45, 7) is 4.07. The van der Waals surface area contributed by atoms with Gasteiger partial charge < -0.3 is 20.4 Å². The first-order valence-electron chi connectivity index (χ1n) is 5.88. The fourth-order valence-corrected chi connectivity index (χ4v) is 2.04. The molecule has 0 bridgehead atoms. The molecular formula is C11H20N2O4. The molecule has 6 heteroatoms. The Bertz CT molecular complexity index is 295. The van der Waals surface area contributed by atoms with Gasteiger partial charge in [0, 0.05) is 12.6 Å². The van der Waals surface area contributed by atoms with Crippen LogP contribution in [0.1, 0.15) is 26.7 Å². The van der Waals surface area contributed by atoms with Crippen LogP contribution in [0, 0.1) is 5.92 Å². The smallest absolute Gasteiger partial charge is 0.328 e. The van der Waals surface area contributed by atoms with Gasteiger partial charge in [0.1, 0.15) is 0 Å². The van der Waals surface area contributed by atoms with E-state index in [0.717, 1.165) is 12.8 Å². The molecule has 3 atom stereocenters. The van der Waals surface area contributed by atoms with Crippen LogP contribution in [0.25, 0.3) is 0 Å². The maximum atomic E-state index is 11.9. The number of piperidine rings is 1. The molecule has 17 heavy (non-hydrogen) atoms. The number of hydrogen-bond acceptors (Lipinski definition) is 3. The molecule has 2 amide bonds. The number of carboxylic acid groups (broad SMARTS) is 1. The average molecular weight is 244 g/mol. The van der Waals surface area contributed by atoms with Gasteiger partial charge in [0.25, 0.3) is 0 Å². The zero-order valence-corrected chi connectivity index (χ0v) is 10.2. The quantitative estimate of drug-likeness (QED) is 0.664. The van der Waals surface area contributed by atoms with Crippen molar-refractivity contribution in [2.45, 2.75) is 38.8 Å². The molecule has 1 heterocycles. The zero-order valence-electron chi connectivity index (χ0n) is 10.2. The summed E-state index contributed by atoms with van der Waals surface area (Å²) in [5, 5.41) is 19.9. The van der Waals surface area contributed by atoms with Crippen LogP contribution in [0.2, 0.25) is 0 Å². The van der Waals surface area contributed by atoms with Crippen LogP contribution < -0.4 is 5.32 Å². The molecule has 98 valence electrons. The van der Waals surface area contributed by atoms with E-state index in [1.54, 1.807) is 4.90 Å². The van der Waals surface area contributed by atoms with Gasteiger partial charge in [0.15, 0.2) is 6.04 Å². The first-order valence-corrected chi connectivity index (χ1v) is 5.88. The number of carboxylic acids is 1. The predicted molar refractivity (Wildman–Crippen MR) is 61.6 cm³/mol. The minimum atomic E-state index is -1.23. The molecule has 1 aliphatic heterocycles. The fourth-order valence-electron chi connectivity index (χ4n) is 2.04. The SMILES string of the molecule is CC1CCCN(C(=O)N[C@@H](CO)C(=O)O)C1C. The highest BCUT2D eigenvalue weighted by Crippen LogP contribution is 2.22. The molecular weight excluding hydrogens is 224 g/mol.